The van der Waals surface area contributed by atoms with Gasteiger partial charge in [0.25, 0.3) is 11.1 Å². The van der Waals surface area contributed by atoms with Crippen LogP contribution in [0.15, 0.2) is 71.6 Å². The number of thioether (sulfide) groups is 1. The van der Waals surface area contributed by atoms with Gasteiger partial charge in [-0.1, -0.05) is 71.2 Å². The van der Waals surface area contributed by atoms with Crippen LogP contribution in [-0.2, 0) is 17.9 Å². The number of hydrogen-bond acceptors (Lipinski definition) is 4. The van der Waals surface area contributed by atoms with Crippen LogP contribution in [0, 0.1) is 0 Å². The van der Waals surface area contributed by atoms with Crippen molar-refractivity contribution >= 4 is 63.8 Å². The lowest BCUT2D eigenvalue weighted by Crippen LogP contribution is -2.27. The van der Waals surface area contributed by atoms with E-state index in [9.17, 15) is 9.59 Å². The van der Waals surface area contributed by atoms with Gasteiger partial charge in [-0.15, -0.1) is 0 Å². The van der Waals surface area contributed by atoms with Crippen LogP contribution in [0.5, 0.6) is 5.75 Å². The molecule has 3 aromatic carbocycles. The third-order valence-corrected chi connectivity index (χ3v) is 6.50. The second-order valence-electron chi connectivity index (χ2n) is 6.97. The lowest BCUT2D eigenvalue weighted by Gasteiger charge is -2.12. The largest absolute Gasteiger partial charge is 0.487 e. The molecule has 162 valence electrons. The van der Waals surface area contributed by atoms with Crippen LogP contribution < -0.4 is 4.74 Å². The maximum atomic E-state index is 12.8. The van der Waals surface area contributed by atoms with Crippen molar-refractivity contribution < 1.29 is 14.3 Å². The zero-order valence-electron chi connectivity index (χ0n) is 16.6. The minimum absolute atomic E-state index is 0.165. The zero-order chi connectivity index (χ0) is 22.7. The van der Waals surface area contributed by atoms with Crippen molar-refractivity contribution in [3.8, 4) is 5.75 Å². The first-order valence-corrected chi connectivity index (χ1v) is 11.5. The number of nitrogens with zero attached hydrogens (tertiary/aromatic N) is 1. The summed E-state index contributed by atoms with van der Waals surface area (Å²) in [7, 11) is 0. The van der Waals surface area contributed by atoms with E-state index in [-0.39, 0.29) is 24.3 Å². The molecule has 1 saturated heterocycles. The molecule has 0 radical (unpaired) electrons. The average molecular weight is 505 g/mol. The van der Waals surface area contributed by atoms with Crippen LogP contribution in [-0.4, -0.2) is 16.0 Å². The number of amides is 2. The SMILES string of the molecule is O=C1S/C(=C\c2ccc(OCc3ccccc3Cl)c(Cl)c2)C(=O)N1Cc1cccc(Cl)c1. The summed E-state index contributed by atoms with van der Waals surface area (Å²) >= 11 is 19.4. The van der Waals surface area contributed by atoms with Crippen LogP contribution in [0.3, 0.4) is 0 Å². The molecule has 0 spiro atoms. The average Bonchev–Trinajstić information content (AvgIpc) is 3.01. The van der Waals surface area contributed by atoms with Crippen molar-refractivity contribution in [2.24, 2.45) is 0 Å². The van der Waals surface area contributed by atoms with Crippen LogP contribution in [0.2, 0.25) is 15.1 Å². The van der Waals surface area contributed by atoms with Crippen molar-refractivity contribution in [1.29, 1.82) is 0 Å². The van der Waals surface area contributed by atoms with Gasteiger partial charge in [-0.2, -0.15) is 0 Å². The highest BCUT2D eigenvalue weighted by molar-refractivity contribution is 8.18. The molecule has 0 aliphatic carbocycles. The Labute approximate surface area is 204 Å². The van der Waals surface area contributed by atoms with E-state index in [1.807, 2.05) is 24.3 Å². The van der Waals surface area contributed by atoms with Gasteiger partial charge >= 0.3 is 0 Å². The highest BCUT2D eigenvalue weighted by atomic mass is 35.5. The minimum Gasteiger partial charge on any atom is -0.487 e. The molecule has 0 N–H and O–H groups in total. The molecule has 32 heavy (non-hydrogen) atoms. The molecule has 1 fully saturated rings. The Morgan fingerprint density at radius 1 is 0.906 bits per heavy atom. The molecule has 4 nitrogen and oxygen atoms in total. The summed E-state index contributed by atoms with van der Waals surface area (Å²) < 4.78 is 5.78. The van der Waals surface area contributed by atoms with E-state index in [1.54, 1.807) is 48.5 Å². The van der Waals surface area contributed by atoms with Gasteiger partial charge in [0.2, 0.25) is 0 Å². The fraction of sp³-hybridized carbons (Fsp3) is 0.0833. The van der Waals surface area contributed by atoms with Crippen LogP contribution >= 0.6 is 46.6 Å². The molecule has 0 bridgehead atoms. The predicted octanol–water partition coefficient (Wildman–Crippen LogP) is 7.46. The smallest absolute Gasteiger partial charge is 0.293 e. The summed E-state index contributed by atoms with van der Waals surface area (Å²) in [5.41, 5.74) is 2.32. The van der Waals surface area contributed by atoms with Crippen molar-refractivity contribution in [3.63, 3.8) is 0 Å². The van der Waals surface area contributed by atoms with Crippen molar-refractivity contribution in [2.75, 3.05) is 0 Å². The molecule has 8 heteroatoms. The number of rotatable bonds is 6. The van der Waals surface area contributed by atoms with Gasteiger partial charge in [0.15, 0.2) is 0 Å². The van der Waals surface area contributed by atoms with E-state index < -0.39 is 0 Å². The van der Waals surface area contributed by atoms with Crippen LogP contribution in [0.4, 0.5) is 4.79 Å². The van der Waals surface area contributed by atoms with Gasteiger partial charge in [-0.25, -0.2) is 0 Å². The first-order valence-electron chi connectivity index (χ1n) is 9.56. The van der Waals surface area contributed by atoms with E-state index >= 15 is 0 Å². The van der Waals surface area contributed by atoms with E-state index in [2.05, 4.69) is 0 Å². The van der Waals surface area contributed by atoms with E-state index in [4.69, 9.17) is 39.5 Å². The zero-order valence-corrected chi connectivity index (χ0v) is 19.6. The maximum absolute atomic E-state index is 12.8. The Kier molecular flexibility index (Phi) is 7.11. The summed E-state index contributed by atoms with van der Waals surface area (Å²) in [6.45, 7) is 0.444. The van der Waals surface area contributed by atoms with Gasteiger partial charge in [0.1, 0.15) is 12.4 Å². The number of hydrogen-bond donors (Lipinski definition) is 0. The molecule has 1 heterocycles. The number of benzene rings is 3. The third-order valence-electron chi connectivity index (χ3n) is 4.70. The number of halogens is 3. The molecule has 1 aliphatic heterocycles. The van der Waals surface area contributed by atoms with Gasteiger partial charge in [0, 0.05) is 15.6 Å². The summed E-state index contributed by atoms with van der Waals surface area (Å²) in [6, 6.07) is 19.7. The topological polar surface area (TPSA) is 46.6 Å². The lowest BCUT2D eigenvalue weighted by atomic mass is 10.2. The number of imide groups is 1. The fourth-order valence-electron chi connectivity index (χ4n) is 3.10. The quantitative estimate of drug-likeness (QED) is 0.327. The Hall–Kier alpha value is -2.44. The molecule has 0 saturated carbocycles. The highest BCUT2D eigenvalue weighted by Crippen LogP contribution is 2.35. The number of ether oxygens (including phenoxy) is 1. The summed E-state index contributed by atoms with van der Waals surface area (Å²) in [6.07, 6.45) is 1.65. The van der Waals surface area contributed by atoms with E-state index in [1.165, 1.54) is 4.90 Å². The summed E-state index contributed by atoms with van der Waals surface area (Å²) in [5, 5.41) is 1.24. The second-order valence-corrected chi connectivity index (χ2v) is 9.21. The molecule has 0 unspecified atom stereocenters. The van der Waals surface area contributed by atoms with Crippen molar-refractivity contribution in [3.05, 3.63) is 103 Å². The van der Waals surface area contributed by atoms with Crippen molar-refractivity contribution in [2.45, 2.75) is 13.2 Å². The molecule has 1 aliphatic rings. The van der Waals surface area contributed by atoms with Crippen LogP contribution in [0.25, 0.3) is 6.08 Å². The fourth-order valence-corrected chi connectivity index (χ4v) is 4.59. The molecular formula is C24H16Cl3NO3S. The third kappa shape index (κ3) is 5.30. The normalized spacial score (nSPS) is 15.0. The molecule has 0 atom stereocenters. The summed E-state index contributed by atoms with van der Waals surface area (Å²) in [4.78, 5) is 26.7. The van der Waals surface area contributed by atoms with E-state index in [0.717, 1.165) is 22.9 Å². The Morgan fingerprint density at radius 3 is 2.47 bits per heavy atom. The molecule has 3 aromatic rings. The van der Waals surface area contributed by atoms with Gasteiger partial charge in [-0.3, -0.25) is 14.5 Å². The van der Waals surface area contributed by atoms with Crippen molar-refractivity contribution in [1.82, 2.24) is 4.90 Å². The van der Waals surface area contributed by atoms with Crippen LogP contribution in [0.1, 0.15) is 16.7 Å². The first kappa shape index (κ1) is 22.7. The monoisotopic (exact) mass is 503 g/mol. The Morgan fingerprint density at radius 2 is 1.72 bits per heavy atom. The van der Waals surface area contributed by atoms with Gasteiger partial charge < -0.3 is 4.74 Å². The molecular weight excluding hydrogens is 489 g/mol. The second kappa shape index (κ2) is 10.0. The lowest BCUT2D eigenvalue weighted by molar-refractivity contribution is -0.123. The Bertz CT molecular complexity index is 1230. The maximum Gasteiger partial charge on any atom is 0.293 e. The molecule has 0 aromatic heterocycles. The van der Waals surface area contributed by atoms with E-state index in [0.29, 0.717) is 31.3 Å². The highest BCUT2D eigenvalue weighted by Gasteiger charge is 2.35. The molecule has 4 rings (SSSR count). The number of carbonyl (C=O) groups excluding carboxylic acids is 2. The standard InChI is InChI=1S/C24H16Cl3NO3S/c25-18-6-3-4-16(10-18)13-28-23(29)22(32-24(28)30)12-15-8-9-21(20(27)11-15)31-14-17-5-1-2-7-19(17)26/h1-12H,13-14H2/b22-12-. The van der Waals surface area contributed by atoms with Gasteiger partial charge in [0.05, 0.1) is 16.5 Å². The minimum atomic E-state index is -0.352. The number of carbonyl (C=O) groups is 2. The Balaban J connectivity index is 1.46. The van der Waals surface area contributed by atoms with Gasteiger partial charge in [-0.05, 0) is 59.3 Å². The molecule has 2 amide bonds. The first-order chi connectivity index (χ1) is 15.4. The predicted molar refractivity (Wildman–Crippen MR) is 130 cm³/mol. The summed E-state index contributed by atoms with van der Waals surface area (Å²) in [5.74, 6) is 0.146.